The first kappa shape index (κ1) is 15.9. The van der Waals surface area contributed by atoms with Gasteiger partial charge in [-0.05, 0) is 6.07 Å². The summed E-state index contributed by atoms with van der Waals surface area (Å²) in [4.78, 5) is 19.2. The van der Waals surface area contributed by atoms with Crippen molar-refractivity contribution in [2.45, 2.75) is 6.18 Å². The lowest BCUT2D eigenvalue weighted by molar-refractivity contribution is -0.141. The summed E-state index contributed by atoms with van der Waals surface area (Å²) in [6.07, 6.45) is -0.456. The number of anilines is 2. The van der Waals surface area contributed by atoms with Crippen LogP contribution in [0, 0.1) is 11.3 Å². The van der Waals surface area contributed by atoms with Crippen LogP contribution >= 0.6 is 0 Å². The van der Waals surface area contributed by atoms with E-state index in [4.69, 9.17) is 5.26 Å². The lowest BCUT2D eigenvalue weighted by atomic mass is 10.3. The van der Waals surface area contributed by atoms with Gasteiger partial charge in [0.1, 0.15) is 11.8 Å². The number of hydrogen-bond acceptors (Lipinski definition) is 7. The van der Waals surface area contributed by atoms with Crippen LogP contribution in [0.4, 0.5) is 24.9 Å². The first-order valence-electron chi connectivity index (χ1n) is 7.10. The summed E-state index contributed by atoms with van der Waals surface area (Å²) in [6.45, 7) is 1.80. The van der Waals surface area contributed by atoms with E-state index in [0.29, 0.717) is 32.0 Å². The van der Waals surface area contributed by atoms with Crippen molar-refractivity contribution < 1.29 is 13.2 Å². The van der Waals surface area contributed by atoms with Crippen LogP contribution in [0.25, 0.3) is 0 Å². The van der Waals surface area contributed by atoms with Gasteiger partial charge in [-0.1, -0.05) is 0 Å². The number of halogens is 3. The maximum absolute atomic E-state index is 12.7. The van der Waals surface area contributed by atoms with Crippen molar-refractivity contribution in [1.29, 1.82) is 5.26 Å². The third-order valence-electron chi connectivity index (χ3n) is 3.58. The molecule has 0 spiro atoms. The van der Waals surface area contributed by atoms with Crippen molar-refractivity contribution in [3.63, 3.8) is 0 Å². The molecule has 1 aliphatic rings. The van der Waals surface area contributed by atoms with Gasteiger partial charge < -0.3 is 9.80 Å². The Morgan fingerprint density at radius 3 is 2.29 bits per heavy atom. The Balaban J connectivity index is 1.73. The standard InChI is InChI=1S/C14H12F3N7/c15-14(16,17)11-1-2-21-13(22-11)24-7-5-23(6-8-24)12-10(9-18)19-3-4-20-12/h1-4H,5-8H2. The van der Waals surface area contributed by atoms with Gasteiger partial charge in [-0.2, -0.15) is 18.4 Å². The Kier molecular flexibility index (Phi) is 4.16. The SMILES string of the molecule is N#Cc1nccnc1N1CCN(c2nccc(C(F)(F)F)n2)CC1. The van der Waals surface area contributed by atoms with E-state index in [0.717, 1.165) is 12.3 Å². The lowest BCUT2D eigenvalue weighted by Crippen LogP contribution is -2.47. The minimum atomic E-state index is -4.50. The first-order valence-corrected chi connectivity index (χ1v) is 7.10. The molecule has 0 saturated carbocycles. The molecule has 3 heterocycles. The van der Waals surface area contributed by atoms with Crippen LogP contribution in [0.3, 0.4) is 0 Å². The summed E-state index contributed by atoms with van der Waals surface area (Å²) in [5.74, 6) is 0.522. The number of alkyl halides is 3. The van der Waals surface area contributed by atoms with Gasteiger partial charge in [-0.3, -0.25) is 0 Å². The molecule has 0 atom stereocenters. The minimum Gasteiger partial charge on any atom is -0.351 e. The minimum absolute atomic E-state index is 0.0455. The Morgan fingerprint density at radius 1 is 0.958 bits per heavy atom. The van der Waals surface area contributed by atoms with Gasteiger partial charge in [0, 0.05) is 44.8 Å². The summed E-state index contributed by atoms with van der Waals surface area (Å²) in [6, 6.07) is 2.83. The fourth-order valence-corrected chi connectivity index (χ4v) is 2.42. The van der Waals surface area contributed by atoms with E-state index in [-0.39, 0.29) is 11.6 Å². The van der Waals surface area contributed by atoms with Gasteiger partial charge in [0.25, 0.3) is 0 Å². The zero-order chi connectivity index (χ0) is 17.2. The van der Waals surface area contributed by atoms with E-state index in [1.165, 1.54) is 12.4 Å². The van der Waals surface area contributed by atoms with Gasteiger partial charge in [-0.15, -0.1) is 0 Å². The Labute approximate surface area is 135 Å². The number of nitriles is 1. The van der Waals surface area contributed by atoms with E-state index in [9.17, 15) is 13.2 Å². The Morgan fingerprint density at radius 2 is 1.62 bits per heavy atom. The van der Waals surface area contributed by atoms with Crippen LogP contribution in [0.1, 0.15) is 11.4 Å². The number of aromatic nitrogens is 4. The monoisotopic (exact) mass is 335 g/mol. The lowest BCUT2D eigenvalue weighted by Gasteiger charge is -2.35. The molecule has 0 aliphatic carbocycles. The summed E-state index contributed by atoms with van der Waals surface area (Å²) in [5.41, 5.74) is -0.739. The summed E-state index contributed by atoms with van der Waals surface area (Å²) in [7, 11) is 0. The second-order valence-electron chi connectivity index (χ2n) is 5.05. The molecule has 1 fully saturated rings. The molecule has 124 valence electrons. The number of hydrogen-bond donors (Lipinski definition) is 0. The van der Waals surface area contributed by atoms with E-state index in [1.807, 2.05) is 11.0 Å². The molecule has 0 unspecified atom stereocenters. The molecule has 1 aliphatic heterocycles. The van der Waals surface area contributed by atoms with E-state index in [2.05, 4.69) is 19.9 Å². The molecule has 2 aromatic heterocycles. The number of piperazine rings is 1. The van der Waals surface area contributed by atoms with E-state index in [1.54, 1.807) is 4.90 Å². The molecular formula is C14H12F3N7. The number of nitrogens with zero attached hydrogens (tertiary/aromatic N) is 7. The number of rotatable bonds is 2. The maximum Gasteiger partial charge on any atom is 0.433 e. The highest BCUT2D eigenvalue weighted by Gasteiger charge is 2.33. The largest absolute Gasteiger partial charge is 0.433 e. The molecule has 0 radical (unpaired) electrons. The highest BCUT2D eigenvalue weighted by molar-refractivity contribution is 5.51. The van der Waals surface area contributed by atoms with Crippen molar-refractivity contribution in [2.75, 3.05) is 36.0 Å². The quantitative estimate of drug-likeness (QED) is 0.822. The van der Waals surface area contributed by atoms with Gasteiger partial charge in [-0.25, -0.2) is 19.9 Å². The average Bonchev–Trinajstić information content (AvgIpc) is 2.61. The predicted molar refractivity (Wildman–Crippen MR) is 78.2 cm³/mol. The second-order valence-corrected chi connectivity index (χ2v) is 5.05. The van der Waals surface area contributed by atoms with Crippen molar-refractivity contribution in [3.05, 3.63) is 36.0 Å². The zero-order valence-electron chi connectivity index (χ0n) is 12.4. The van der Waals surface area contributed by atoms with Crippen LogP contribution in [-0.2, 0) is 6.18 Å². The third kappa shape index (κ3) is 3.19. The first-order chi connectivity index (χ1) is 11.5. The Bertz CT molecular complexity index is 763. The van der Waals surface area contributed by atoms with Crippen molar-refractivity contribution in [3.8, 4) is 6.07 Å². The zero-order valence-corrected chi connectivity index (χ0v) is 12.4. The highest BCUT2D eigenvalue weighted by atomic mass is 19.4. The van der Waals surface area contributed by atoms with Gasteiger partial charge in [0.05, 0.1) is 0 Å². The van der Waals surface area contributed by atoms with Gasteiger partial charge in [0.2, 0.25) is 5.95 Å². The Hall–Kier alpha value is -2.96. The fraction of sp³-hybridized carbons (Fsp3) is 0.357. The van der Waals surface area contributed by atoms with E-state index >= 15 is 0 Å². The summed E-state index contributed by atoms with van der Waals surface area (Å²) >= 11 is 0. The van der Waals surface area contributed by atoms with Crippen LogP contribution in [0.5, 0.6) is 0 Å². The van der Waals surface area contributed by atoms with Crippen LogP contribution in [-0.4, -0.2) is 46.1 Å². The highest BCUT2D eigenvalue weighted by Crippen LogP contribution is 2.28. The van der Waals surface area contributed by atoms with Crippen molar-refractivity contribution in [1.82, 2.24) is 19.9 Å². The summed E-state index contributed by atoms with van der Waals surface area (Å²) in [5, 5.41) is 9.07. The van der Waals surface area contributed by atoms with Crippen LogP contribution in [0.2, 0.25) is 0 Å². The molecule has 3 rings (SSSR count). The molecule has 1 saturated heterocycles. The van der Waals surface area contributed by atoms with Crippen molar-refractivity contribution in [2.24, 2.45) is 0 Å². The molecule has 24 heavy (non-hydrogen) atoms. The topological polar surface area (TPSA) is 81.8 Å². The maximum atomic E-state index is 12.7. The average molecular weight is 335 g/mol. The van der Waals surface area contributed by atoms with Gasteiger partial charge >= 0.3 is 6.18 Å². The van der Waals surface area contributed by atoms with Crippen LogP contribution in [0.15, 0.2) is 24.7 Å². The molecule has 0 aromatic carbocycles. The normalized spacial score (nSPS) is 15.2. The molecule has 0 N–H and O–H groups in total. The fourth-order valence-electron chi connectivity index (χ4n) is 2.42. The van der Waals surface area contributed by atoms with Crippen LogP contribution < -0.4 is 9.80 Å². The predicted octanol–water partition coefficient (Wildman–Crippen LogP) is 1.48. The van der Waals surface area contributed by atoms with E-state index < -0.39 is 11.9 Å². The third-order valence-corrected chi connectivity index (χ3v) is 3.58. The molecule has 7 nitrogen and oxygen atoms in total. The molecule has 2 aromatic rings. The molecule has 10 heteroatoms. The second kappa shape index (κ2) is 6.27. The summed E-state index contributed by atoms with van der Waals surface area (Å²) < 4.78 is 38.2. The molecular weight excluding hydrogens is 323 g/mol. The van der Waals surface area contributed by atoms with Gasteiger partial charge in [0.15, 0.2) is 11.5 Å². The molecule has 0 amide bonds. The molecule has 0 bridgehead atoms. The van der Waals surface area contributed by atoms with Crippen molar-refractivity contribution >= 4 is 11.8 Å². The smallest absolute Gasteiger partial charge is 0.351 e.